The van der Waals surface area contributed by atoms with Crippen LogP contribution in [0.15, 0.2) is 24.3 Å². The molecule has 0 N–H and O–H groups in total. The van der Waals surface area contributed by atoms with Crippen molar-refractivity contribution in [2.45, 2.75) is 406 Å². The highest BCUT2D eigenvalue weighted by Crippen LogP contribution is 2.19. The molecule has 1 unspecified atom stereocenters. The van der Waals surface area contributed by atoms with E-state index in [-0.39, 0.29) is 31.1 Å². The first-order valence-corrected chi connectivity index (χ1v) is 35.3. The second-order valence-electron chi connectivity index (χ2n) is 24.1. The number of rotatable bonds is 66. The van der Waals surface area contributed by atoms with E-state index >= 15 is 0 Å². The van der Waals surface area contributed by atoms with Crippen LogP contribution < -0.4 is 0 Å². The Labute approximate surface area is 487 Å². The van der Waals surface area contributed by atoms with Crippen LogP contribution in [0.5, 0.6) is 0 Å². The molecule has 0 fully saturated rings. The number of carbonyl (C=O) groups is 3. The molecule has 0 aromatic heterocycles. The summed E-state index contributed by atoms with van der Waals surface area (Å²) in [6.45, 7) is 6.70. The smallest absolute Gasteiger partial charge is 0.306 e. The molecule has 0 radical (unpaired) electrons. The van der Waals surface area contributed by atoms with Gasteiger partial charge in [0.15, 0.2) is 6.10 Å². The molecule has 0 saturated carbocycles. The van der Waals surface area contributed by atoms with Crippen LogP contribution in [0.3, 0.4) is 0 Å². The predicted molar refractivity (Wildman–Crippen MR) is 340 cm³/mol. The second kappa shape index (κ2) is 67.4. The van der Waals surface area contributed by atoms with Crippen molar-refractivity contribution >= 4 is 17.9 Å². The highest BCUT2D eigenvalue weighted by atomic mass is 16.6. The molecule has 6 nitrogen and oxygen atoms in total. The Morgan fingerprint density at radius 3 is 0.654 bits per heavy atom. The summed E-state index contributed by atoms with van der Waals surface area (Å²) in [6.07, 6.45) is 82.1. The molecule has 0 aromatic rings. The van der Waals surface area contributed by atoms with Gasteiger partial charge in [-0.2, -0.15) is 0 Å². The van der Waals surface area contributed by atoms with Gasteiger partial charge in [0, 0.05) is 19.3 Å². The van der Waals surface area contributed by atoms with Gasteiger partial charge < -0.3 is 14.2 Å². The largest absolute Gasteiger partial charge is 0.462 e. The number of carbonyl (C=O) groups excluding carboxylic acids is 3. The maximum Gasteiger partial charge on any atom is 0.306 e. The normalized spacial score (nSPS) is 12.1. The molecule has 0 spiro atoms. The molecule has 0 saturated heterocycles. The maximum absolute atomic E-state index is 12.9. The number of unbranched alkanes of at least 4 members (excludes halogenated alkanes) is 51. The Morgan fingerprint density at radius 2 is 0.423 bits per heavy atom. The van der Waals surface area contributed by atoms with Crippen molar-refractivity contribution in [2.24, 2.45) is 0 Å². The lowest BCUT2D eigenvalue weighted by Crippen LogP contribution is -2.30. The van der Waals surface area contributed by atoms with E-state index in [1.54, 1.807) is 0 Å². The van der Waals surface area contributed by atoms with Gasteiger partial charge in [-0.3, -0.25) is 14.4 Å². The van der Waals surface area contributed by atoms with Gasteiger partial charge in [0.05, 0.1) is 0 Å². The van der Waals surface area contributed by atoms with Gasteiger partial charge in [-0.25, -0.2) is 0 Å². The van der Waals surface area contributed by atoms with E-state index in [9.17, 15) is 14.4 Å². The van der Waals surface area contributed by atoms with Crippen LogP contribution in [0.4, 0.5) is 0 Å². The van der Waals surface area contributed by atoms with Gasteiger partial charge in [0.25, 0.3) is 0 Å². The molecular formula is C72H136O6. The Bertz CT molecular complexity index is 1260. The molecule has 0 aliphatic heterocycles. The molecule has 1 atom stereocenters. The first-order valence-electron chi connectivity index (χ1n) is 35.3. The lowest BCUT2D eigenvalue weighted by molar-refractivity contribution is -0.167. The van der Waals surface area contributed by atoms with Crippen LogP contribution in [-0.4, -0.2) is 37.2 Å². The number of allylic oxidation sites excluding steroid dienone is 4. The van der Waals surface area contributed by atoms with Crippen molar-refractivity contribution in [1.82, 2.24) is 0 Å². The standard InChI is InChI=1S/C72H136O6/c1-4-7-10-13-16-19-22-25-27-29-31-33-34-35-36-37-39-40-42-44-47-50-53-56-59-62-65-71(74)77-68-69(67-76-70(73)64-61-58-55-52-49-46-24-21-18-15-12-9-6-3)78-72(75)66-63-60-57-54-51-48-45-43-41-38-32-30-28-26-23-20-17-14-11-8-5-2/h21,24,30,32,69H,4-20,22-23,25-29,31,33-68H2,1-3H3/b24-21-,32-30-. The summed E-state index contributed by atoms with van der Waals surface area (Å²) in [5.41, 5.74) is 0. The number of ether oxygens (including phenoxy) is 3. The highest BCUT2D eigenvalue weighted by Gasteiger charge is 2.19. The molecule has 0 aliphatic rings. The lowest BCUT2D eigenvalue weighted by Gasteiger charge is -2.18. The third kappa shape index (κ3) is 64.7. The van der Waals surface area contributed by atoms with Crippen LogP contribution >= 0.6 is 0 Å². The first-order chi connectivity index (χ1) is 38.5. The summed E-state index contributed by atoms with van der Waals surface area (Å²) in [5.74, 6) is -0.851. The van der Waals surface area contributed by atoms with Gasteiger partial charge in [-0.05, 0) is 70.6 Å². The second-order valence-corrected chi connectivity index (χ2v) is 24.1. The quantitative estimate of drug-likeness (QED) is 0.0261. The average Bonchev–Trinajstić information content (AvgIpc) is 3.44. The average molecular weight is 1100 g/mol. The van der Waals surface area contributed by atoms with Crippen LogP contribution in [0.25, 0.3) is 0 Å². The fraction of sp³-hybridized carbons (Fsp3) is 0.903. The fourth-order valence-corrected chi connectivity index (χ4v) is 10.8. The van der Waals surface area contributed by atoms with Gasteiger partial charge in [-0.15, -0.1) is 0 Å². The van der Waals surface area contributed by atoms with E-state index < -0.39 is 6.10 Å². The van der Waals surface area contributed by atoms with E-state index in [0.717, 1.165) is 64.2 Å². The fourth-order valence-electron chi connectivity index (χ4n) is 10.8. The summed E-state index contributed by atoms with van der Waals surface area (Å²) in [6, 6.07) is 0. The Balaban J connectivity index is 4.21. The summed E-state index contributed by atoms with van der Waals surface area (Å²) in [5, 5.41) is 0. The molecule has 0 rings (SSSR count). The lowest BCUT2D eigenvalue weighted by atomic mass is 10.0. The molecule has 0 bridgehead atoms. The molecule has 0 aliphatic carbocycles. The summed E-state index contributed by atoms with van der Waals surface area (Å²) in [7, 11) is 0. The number of hydrogen-bond acceptors (Lipinski definition) is 6. The Morgan fingerprint density at radius 1 is 0.244 bits per heavy atom. The molecule has 460 valence electrons. The molecule has 0 amide bonds. The third-order valence-electron chi connectivity index (χ3n) is 16.2. The van der Waals surface area contributed by atoms with Crippen molar-refractivity contribution < 1.29 is 28.6 Å². The van der Waals surface area contributed by atoms with Crippen LogP contribution in [0, 0.1) is 0 Å². The molecule has 78 heavy (non-hydrogen) atoms. The van der Waals surface area contributed by atoms with Crippen LogP contribution in [-0.2, 0) is 28.6 Å². The van der Waals surface area contributed by atoms with E-state index in [0.29, 0.717) is 19.3 Å². The minimum absolute atomic E-state index is 0.0693. The van der Waals surface area contributed by atoms with Crippen molar-refractivity contribution in [3.8, 4) is 0 Å². The van der Waals surface area contributed by atoms with Gasteiger partial charge >= 0.3 is 17.9 Å². The molecule has 0 heterocycles. The van der Waals surface area contributed by atoms with Crippen molar-refractivity contribution in [2.75, 3.05) is 13.2 Å². The zero-order valence-corrected chi connectivity index (χ0v) is 53.0. The molecule has 6 heteroatoms. The zero-order valence-electron chi connectivity index (χ0n) is 53.0. The van der Waals surface area contributed by atoms with Crippen molar-refractivity contribution in [1.29, 1.82) is 0 Å². The van der Waals surface area contributed by atoms with Gasteiger partial charge in [-0.1, -0.05) is 334 Å². The number of hydrogen-bond donors (Lipinski definition) is 0. The van der Waals surface area contributed by atoms with Crippen LogP contribution in [0.2, 0.25) is 0 Å². The van der Waals surface area contributed by atoms with E-state index in [1.165, 1.54) is 295 Å². The van der Waals surface area contributed by atoms with E-state index in [1.807, 2.05) is 0 Å². The molecular weight excluding hydrogens is 961 g/mol. The number of esters is 3. The monoisotopic (exact) mass is 1100 g/mol. The zero-order chi connectivity index (χ0) is 56.4. The predicted octanol–water partition coefficient (Wildman–Crippen LogP) is 24.2. The SMILES string of the molecule is CCCCCC/C=C\CCCCCCCC(=O)OCC(COC(=O)CCCCCCCCCCCCCCCCCCCCCCCCCCCC)OC(=O)CCCCCCCCCCC/C=C\CCCCCCCCCC. The first kappa shape index (κ1) is 75.9. The van der Waals surface area contributed by atoms with Gasteiger partial charge in [0.2, 0.25) is 0 Å². The minimum atomic E-state index is -0.774. The summed E-state index contributed by atoms with van der Waals surface area (Å²) < 4.78 is 17.0. The highest BCUT2D eigenvalue weighted by molar-refractivity contribution is 5.71. The maximum atomic E-state index is 12.9. The summed E-state index contributed by atoms with van der Waals surface area (Å²) >= 11 is 0. The van der Waals surface area contributed by atoms with Gasteiger partial charge in [0.1, 0.15) is 13.2 Å². The van der Waals surface area contributed by atoms with E-state index in [4.69, 9.17) is 14.2 Å². The topological polar surface area (TPSA) is 78.9 Å². The summed E-state index contributed by atoms with van der Waals surface area (Å²) in [4.78, 5) is 38.4. The minimum Gasteiger partial charge on any atom is -0.462 e. The third-order valence-corrected chi connectivity index (χ3v) is 16.2. The molecule has 0 aromatic carbocycles. The van der Waals surface area contributed by atoms with Crippen molar-refractivity contribution in [3.05, 3.63) is 24.3 Å². The van der Waals surface area contributed by atoms with E-state index in [2.05, 4.69) is 45.1 Å². The van der Waals surface area contributed by atoms with Crippen molar-refractivity contribution in [3.63, 3.8) is 0 Å². The Hall–Kier alpha value is -2.11. The van der Waals surface area contributed by atoms with Crippen LogP contribution in [0.1, 0.15) is 400 Å². The Kier molecular flexibility index (Phi) is 65.6.